The van der Waals surface area contributed by atoms with Gasteiger partial charge in [0.1, 0.15) is 41.1 Å². The average molecular weight is 564 g/mol. The first-order valence-electron chi connectivity index (χ1n) is 12.0. The van der Waals surface area contributed by atoms with Crippen molar-refractivity contribution in [2.45, 2.75) is 38.8 Å². The third-order valence-electron chi connectivity index (χ3n) is 6.01. The number of pyridine rings is 1. The molecular formula is C24H24ClF2N7O3S. The topological polar surface area (TPSA) is 124 Å². The van der Waals surface area contributed by atoms with Crippen LogP contribution in [0, 0.1) is 11.6 Å². The van der Waals surface area contributed by atoms with Crippen LogP contribution in [0.25, 0.3) is 22.4 Å². The van der Waals surface area contributed by atoms with Crippen molar-refractivity contribution in [1.29, 1.82) is 0 Å². The second-order valence-electron chi connectivity index (χ2n) is 8.70. The lowest BCUT2D eigenvalue weighted by atomic mass is 10.1. The van der Waals surface area contributed by atoms with Crippen LogP contribution in [0.2, 0.25) is 5.28 Å². The van der Waals surface area contributed by atoms with E-state index >= 15 is 4.39 Å². The maximum Gasteiger partial charge on any atom is 0.232 e. The van der Waals surface area contributed by atoms with Gasteiger partial charge in [0, 0.05) is 18.4 Å². The molecule has 38 heavy (non-hydrogen) atoms. The summed E-state index contributed by atoms with van der Waals surface area (Å²) >= 11 is 6.48. The molecule has 3 aromatic heterocycles. The molecule has 4 heterocycles. The fourth-order valence-corrected chi connectivity index (χ4v) is 5.72. The number of halogens is 3. The molecule has 1 aliphatic heterocycles. The molecule has 0 aliphatic carbocycles. The summed E-state index contributed by atoms with van der Waals surface area (Å²) in [5.41, 5.74) is 0.564. The summed E-state index contributed by atoms with van der Waals surface area (Å²) in [6.07, 6.45) is 5.48. The molecule has 200 valence electrons. The van der Waals surface area contributed by atoms with E-state index in [1.54, 1.807) is 23.6 Å². The van der Waals surface area contributed by atoms with Gasteiger partial charge in [-0.15, -0.1) is 0 Å². The normalized spacial score (nSPS) is 16.1. The molecule has 1 saturated heterocycles. The minimum absolute atomic E-state index is 0.0680. The number of imidazole rings is 1. The Morgan fingerprint density at radius 3 is 2.79 bits per heavy atom. The van der Waals surface area contributed by atoms with E-state index in [1.165, 1.54) is 12.5 Å². The molecular weight excluding hydrogens is 540 g/mol. The van der Waals surface area contributed by atoms with E-state index in [4.69, 9.17) is 16.3 Å². The van der Waals surface area contributed by atoms with Crippen molar-refractivity contribution in [3.63, 3.8) is 0 Å². The van der Waals surface area contributed by atoms with Crippen LogP contribution >= 0.6 is 11.6 Å². The maximum atomic E-state index is 15.3. The summed E-state index contributed by atoms with van der Waals surface area (Å²) in [6, 6.07) is 5.29. The monoisotopic (exact) mass is 563 g/mol. The van der Waals surface area contributed by atoms with Crippen LogP contribution < -0.4 is 10.0 Å². The number of sulfonamides is 1. The highest BCUT2D eigenvalue weighted by Crippen LogP contribution is 2.37. The highest BCUT2D eigenvalue weighted by atomic mass is 35.5. The van der Waals surface area contributed by atoms with Gasteiger partial charge in [0.05, 0.1) is 11.4 Å². The van der Waals surface area contributed by atoms with Gasteiger partial charge in [0.25, 0.3) is 0 Å². The summed E-state index contributed by atoms with van der Waals surface area (Å²) in [4.78, 5) is 17.4. The van der Waals surface area contributed by atoms with E-state index < -0.39 is 27.3 Å². The highest BCUT2D eigenvalue weighted by Gasteiger charge is 2.26. The first kappa shape index (κ1) is 26.2. The number of hydrogen-bond donors (Lipinski definition) is 2. The van der Waals surface area contributed by atoms with E-state index in [9.17, 15) is 12.8 Å². The first-order valence-corrected chi connectivity index (χ1v) is 14.0. The SMILES string of the molecule is CCCS(=O)(=O)Nc1ccc(F)c(Nc2ncccc2-c2ncnc3c2nc(Cl)n3C2CCCCO2)c1F. The van der Waals surface area contributed by atoms with Crippen LogP contribution in [0.5, 0.6) is 0 Å². The predicted octanol–water partition coefficient (Wildman–Crippen LogP) is 5.41. The van der Waals surface area contributed by atoms with Crippen molar-refractivity contribution >= 4 is 50.0 Å². The molecule has 2 N–H and O–H groups in total. The lowest BCUT2D eigenvalue weighted by Gasteiger charge is -2.24. The Labute approximate surface area is 222 Å². The number of nitrogens with one attached hydrogen (secondary N) is 2. The number of anilines is 3. The van der Waals surface area contributed by atoms with Crippen LogP contribution in [0.4, 0.5) is 26.0 Å². The fourth-order valence-electron chi connectivity index (χ4n) is 4.31. The van der Waals surface area contributed by atoms with Crippen LogP contribution in [0.1, 0.15) is 38.8 Å². The summed E-state index contributed by atoms with van der Waals surface area (Å²) < 4.78 is 64.1. The predicted molar refractivity (Wildman–Crippen MR) is 140 cm³/mol. The molecule has 1 fully saturated rings. The standard InChI is InChI=1S/C24H24ClF2N7O3S/c1-2-12-38(35,36)33-16-9-8-15(26)20(18(16)27)31-22-14(6-5-10-28-22)19-21-23(30-13-29-19)34(24(25)32-21)17-7-3-4-11-37-17/h5-6,8-10,13,17,33H,2-4,7,11-12H2,1H3,(H,28,31). The first-order chi connectivity index (χ1) is 18.3. The third-order valence-corrected chi connectivity index (χ3v) is 7.76. The molecule has 1 unspecified atom stereocenters. The molecule has 10 nitrogen and oxygen atoms in total. The van der Waals surface area contributed by atoms with Crippen molar-refractivity contribution < 1.29 is 21.9 Å². The average Bonchev–Trinajstić information content (AvgIpc) is 3.25. The molecule has 0 bridgehead atoms. The second-order valence-corrected chi connectivity index (χ2v) is 10.9. The van der Waals surface area contributed by atoms with E-state index in [0.717, 1.165) is 31.4 Å². The van der Waals surface area contributed by atoms with Crippen molar-refractivity contribution in [3.05, 3.63) is 53.7 Å². The Kier molecular flexibility index (Phi) is 7.41. The lowest BCUT2D eigenvalue weighted by molar-refractivity contribution is -0.0296. The van der Waals surface area contributed by atoms with Crippen LogP contribution in [0.15, 0.2) is 36.8 Å². The quantitative estimate of drug-likeness (QED) is 0.273. The maximum absolute atomic E-state index is 15.3. The molecule has 0 saturated carbocycles. The van der Waals surface area contributed by atoms with Crippen molar-refractivity contribution in [1.82, 2.24) is 24.5 Å². The van der Waals surface area contributed by atoms with Crippen molar-refractivity contribution in [2.75, 3.05) is 22.4 Å². The van der Waals surface area contributed by atoms with Crippen LogP contribution in [0.3, 0.4) is 0 Å². The van der Waals surface area contributed by atoms with Gasteiger partial charge < -0.3 is 10.1 Å². The number of aromatic nitrogens is 5. The van der Waals surface area contributed by atoms with Gasteiger partial charge in [-0.2, -0.15) is 0 Å². The van der Waals surface area contributed by atoms with Gasteiger partial charge in [-0.1, -0.05) is 6.92 Å². The smallest absolute Gasteiger partial charge is 0.232 e. The molecule has 0 radical (unpaired) electrons. The van der Waals surface area contributed by atoms with Crippen LogP contribution in [-0.2, 0) is 14.8 Å². The summed E-state index contributed by atoms with van der Waals surface area (Å²) in [5.74, 6) is -2.19. The van der Waals surface area contributed by atoms with Gasteiger partial charge in [-0.05, 0) is 61.5 Å². The van der Waals surface area contributed by atoms with E-state index in [-0.39, 0.29) is 28.8 Å². The zero-order valence-electron chi connectivity index (χ0n) is 20.3. The molecule has 1 aromatic carbocycles. The molecule has 1 atom stereocenters. The Morgan fingerprint density at radius 2 is 2.03 bits per heavy atom. The van der Waals surface area contributed by atoms with Crippen molar-refractivity contribution in [2.24, 2.45) is 0 Å². The number of ether oxygens (including phenoxy) is 1. The largest absolute Gasteiger partial charge is 0.358 e. The molecule has 14 heteroatoms. The zero-order valence-corrected chi connectivity index (χ0v) is 21.9. The Bertz CT molecular complexity index is 1590. The van der Waals surface area contributed by atoms with Gasteiger partial charge in [0.15, 0.2) is 11.5 Å². The number of hydrogen-bond acceptors (Lipinski definition) is 8. The lowest BCUT2D eigenvalue weighted by Crippen LogP contribution is -2.18. The summed E-state index contributed by atoms with van der Waals surface area (Å²) in [5, 5.41) is 2.84. The molecule has 1 aliphatic rings. The molecule has 4 aromatic rings. The number of fused-ring (bicyclic) bond motifs is 1. The van der Waals surface area contributed by atoms with Crippen LogP contribution in [-0.4, -0.2) is 45.3 Å². The Hall–Kier alpha value is -3.42. The Morgan fingerprint density at radius 1 is 1.18 bits per heavy atom. The van der Waals surface area contributed by atoms with Gasteiger partial charge >= 0.3 is 0 Å². The third kappa shape index (κ3) is 5.13. The minimum atomic E-state index is -3.80. The number of rotatable bonds is 8. The molecule has 0 amide bonds. The van der Waals surface area contributed by atoms with E-state index in [2.05, 4.69) is 30.0 Å². The summed E-state index contributed by atoms with van der Waals surface area (Å²) in [6.45, 7) is 2.28. The van der Waals surface area contributed by atoms with Gasteiger partial charge in [-0.3, -0.25) is 9.29 Å². The molecule has 5 rings (SSSR count). The number of nitrogens with zero attached hydrogens (tertiary/aromatic N) is 5. The van der Waals surface area contributed by atoms with E-state index in [0.29, 0.717) is 35.4 Å². The fraction of sp³-hybridized carbons (Fsp3) is 0.333. The van der Waals surface area contributed by atoms with Gasteiger partial charge in [-0.25, -0.2) is 37.1 Å². The zero-order chi connectivity index (χ0) is 26.9. The highest BCUT2D eigenvalue weighted by molar-refractivity contribution is 7.92. The Balaban J connectivity index is 1.56. The second kappa shape index (κ2) is 10.8. The van der Waals surface area contributed by atoms with Crippen molar-refractivity contribution in [3.8, 4) is 11.3 Å². The van der Waals surface area contributed by atoms with E-state index in [1.807, 2.05) is 0 Å². The minimum Gasteiger partial charge on any atom is -0.358 e. The van der Waals surface area contributed by atoms with Gasteiger partial charge in [0.2, 0.25) is 15.3 Å². The summed E-state index contributed by atoms with van der Waals surface area (Å²) in [7, 11) is -3.80. The number of benzene rings is 1. The molecule has 0 spiro atoms.